The molecule has 0 radical (unpaired) electrons. The average molecular weight is 177 g/mol. The molecule has 4 heteroatoms. The summed E-state index contributed by atoms with van der Waals surface area (Å²) in [6.07, 6.45) is -1.63. The Bertz CT molecular complexity index is 209. The number of hydrogen-bond donors (Lipinski definition) is 2. The van der Waals surface area contributed by atoms with Crippen molar-refractivity contribution in [2.24, 2.45) is 11.3 Å². The fraction of sp³-hybridized carbons (Fsp3) is 1.00. The van der Waals surface area contributed by atoms with Crippen LogP contribution in [0.4, 0.5) is 8.78 Å². The fourth-order valence-corrected chi connectivity index (χ4v) is 2.51. The molecular formula is C8H13F2NO. The van der Waals surface area contributed by atoms with Crippen molar-refractivity contribution in [2.75, 3.05) is 13.1 Å². The van der Waals surface area contributed by atoms with E-state index in [2.05, 4.69) is 5.32 Å². The Balaban J connectivity index is 2.28. The molecule has 3 atom stereocenters. The van der Waals surface area contributed by atoms with Crippen LogP contribution in [0.25, 0.3) is 0 Å². The predicted molar refractivity (Wildman–Crippen MR) is 40.0 cm³/mol. The number of aliphatic hydroxyl groups excluding tert-OH is 1. The highest BCUT2D eigenvalue weighted by molar-refractivity contribution is 5.07. The predicted octanol–water partition coefficient (Wildman–Crippen LogP) is 0.612. The Kier molecular flexibility index (Phi) is 1.52. The van der Waals surface area contributed by atoms with Crippen molar-refractivity contribution in [2.45, 2.75) is 25.4 Å². The van der Waals surface area contributed by atoms with Gasteiger partial charge in [-0.05, 0) is 5.41 Å². The molecule has 2 nitrogen and oxygen atoms in total. The Morgan fingerprint density at radius 2 is 2.17 bits per heavy atom. The van der Waals surface area contributed by atoms with E-state index >= 15 is 0 Å². The van der Waals surface area contributed by atoms with Gasteiger partial charge in [-0.15, -0.1) is 0 Å². The van der Waals surface area contributed by atoms with E-state index in [-0.39, 0.29) is 12.3 Å². The normalized spacial score (nSPS) is 51.0. The summed E-state index contributed by atoms with van der Waals surface area (Å²) in [5.74, 6) is -3.14. The highest BCUT2D eigenvalue weighted by atomic mass is 19.3. The van der Waals surface area contributed by atoms with Crippen LogP contribution in [0.15, 0.2) is 0 Å². The second kappa shape index (κ2) is 2.17. The molecule has 1 aliphatic heterocycles. The first kappa shape index (κ1) is 8.38. The van der Waals surface area contributed by atoms with Gasteiger partial charge in [0.2, 0.25) is 0 Å². The van der Waals surface area contributed by atoms with Crippen LogP contribution in [-0.2, 0) is 0 Å². The van der Waals surface area contributed by atoms with Crippen molar-refractivity contribution < 1.29 is 13.9 Å². The maximum atomic E-state index is 13.0. The van der Waals surface area contributed by atoms with Crippen LogP contribution in [0.1, 0.15) is 13.3 Å². The molecule has 0 aromatic rings. The number of hydrogen-bond acceptors (Lipinski definition) is 2. The molecule has 1 saturated heterocycles. The van der Waals surface area contributed by atoms with Crippen LogP contribution in [0, 0.1) is 11.3 Å². The van der Waals surface area contributed by atoms with E-state index in [1.165, 1.54) is 0 Å². The molecule has 0 amide bonds. The second-order valence-corrected chi connectivity index (χ2v) is 4.27. The van der Waals surface area contributed by atoms with Crippen LogP contribution in [-0.4, -0.2) is 30.2 Å². The van der Waals surface area contributed by atoms with Crippen LogP contribution in [0.2, 0.25) is 0 Å². The van der Waals surface area contributed by atoms with Crippen molar-refractivity contribution in [3.63, 3.8) is 0 Å². The smallest absolute Gasteiger partial charge is 0.274 e. The van der Waals surface area contributed by atoms with Crippen molar-refractivity contribution >= 4 is 0 Å². The van der Waals surface area contributed by atoms with Gasteiger partial charge in [0.05, 0.1) is 0 Å². The van der Waals surface area contributed by atoms with Gasteiger partial charge in [0, 0.05) is 25.4 Å². The maximum absolute atomic E-state index is 13.0. The Morgan fingerprint density at radius 1 is 1.50 bits per heavy atom. The minimum Gasteiger partial charge on any atom is -0.386 e. The van der Waals surface area contributed by atoms with Gasteiger partial charge < -0.3 is 10.4 Å². The number of aliphatic hydroxyl groups is 1. The topological polar surface area (TPSA) is 32.3 Å². The van der Waals surface area contributed by atoms with E-state index in [0.717, 1.165) is 0 Å². The highest BCUT2D eigenvalue weighted by Gasteiger charge is 2.61. The van der Waals surface area contributed by atoms with Crippen molar-refractivity contribution in [3.8, 4) is 0 Å². The summed E-state index contributed by atoms with van der Waals surface area (Å²) in [6, 6.07) is 0. The molecule has 2 N–H and O–H groups in total. The molecule has 2 fully saturated rings. The van der Waals surface area contributed by atoms with Crippen LogP contribution in [0.3, 0.4) is 0 Å². The minimum absolute atomic E-state index is 0.182. The zero-order valence-electron chi connectivity index (χ0n) is 6.98. The summed E-state index contributed by atoms with van der Waals surface area (Å²) < 4.78 is 26.1. The second-order valence-electron chi connectivity index (χ2n) is 4.27. The maximum Gasteiger partial charge on any atom is 0.274 e. The van der Waals surface area contributed by atoms with Gasteiger partial charge in [-0.2, -0.15) is 0 Å². The van der Waals surface area contributed by atoms with Gasteiger partial charge in [-0.25, -0.2) is 8.78 Å². The Morgan fingerprint density at radius 3 is 2.75 bits per heavy atom. The first-order valence-electron chi connectivity index (χ1n) is 4.22. The SMILES string of the molecule is C[C@]12CNC[C@H]1[C@@H](O)C(F)(F)C2. The van der Waals surface area contributed by atoms with Crippen molar-refractivity contribution in [1.29, 1.82) is 0 Å². The molecule has 2 aliphatic rings. The molecule has 0 spiro atoms. The summed E-state index contributed by atoms with van der Waals surface area (Å²) in [5.41, 5.74) is -0.400. The third-order valence-electron chi connectivity index (χ3n) is 3.24. The zero-order chi connectivity index (χ0) is 8.98. The first-order valence-corrected chi connectivity index (χ1v) is 4.22. The summed E-state index contributed by atoms with van der Waals surface area (Å²) in [6.45, 7) is 2.94. The lowest BCUT2D eigenvalue weighted by Gasteiger charge is -2.21. The molecule has 12 heavy (non-hydrogen) atoms. The van der Waals surface area contributed by atoms with E-state index in [4.69, 9.17) is 0 Å². The Labute approximate surface area is 70.0 Å². The van der Waals surface area contributed by atoms with Crippen molar-refractivity contribution in [1.82, 2.24) is 5.32 Å². The monoisotopic (exact) mass is 177 g/mol. The highest BCUT2D eigenvalue weighted by Crippen LogP contribution is 2.52. The summed E-state index contributed by atoms with van der Waals surface area (Å²) in [5, 5.41) is 12.3. The lowest BCUT2D eigenvalue weighted by Crippen LogP contribution is -2.34. The molecule has 0 bridgehead atoms. The van der Waals surface area contributed by atoms with Gasteiger partial charge in [-0.3, -0.25) is 0 Å². The van der Waals surface area contributed by atoms with E-state index < -0.39 is 17.4 Å². The fourth-order valence-electron chi connectivity index (χ4n) is 2.51. The van der Waals surface area contributed by atoms with Gasteiger partial charge in [-0.1, -0.05) is 6.92 Å². The van der Waals surface area contributed by atoms with Gasteiger partial charge in [0.1, 0.15) is 6.10 Å². The Hall–Kier alpha value is -0.220. The zero-order valence-corrected chi connectivity index (χ0v) is 6.98. The summed E-state index contributed by atoms with van der Waals surface area (Å²) >= 11 is 0. The summed E-state index contributed by atoms with van der Waals surface area (Å²) in [4.78, 5) is 0. The largest absolute Gasteiger partial charge is 0.386 e. The molecular weight excluding hydrogens is 164 g/mol. The quantitative estimate of drug-likeness (QED) is 0.568. The summed E-state index contributed by atoms with van der Waals surface area (Å²) in [7, 11) is 0. The van der Waals surface area contributed by atoms with Crippen molar-refractivity contribution in [3.05, 3.63) is 0 Å². The van der Waals surface area contributed by atoms with Crippen LogP contribution < -0.4 is 5.32 Å². The standard InChI is InChI=1S/C8H13F2NO/c1-7-3-8(9,10)6(12)5(7)2-11-4-7/h5-6,11-12H,2-4H2,1H3/t5-,6+,7-/m0/s1. The van der Waals surface area contributed by atoms with Gasteiger partial charge >= 0.3 is 0 Å². The third-order valence-corrected chi connectivity index (χ3v) is 3.24. The molecule has 1 saturated carbocycles. The number of halogens is 2. The van der Waals surface area contributed by atoms with Crippen LogP contribution in [0.5, 0.6) is 0 Å². The minimum atomic E-state index is -2.87. The number of fused-ring (bicyclic) bond motifs is 1. The van der Waals surface area contributed by atoms with E-state index in [1.54, 1.807) is 0 Å². The van der Waals surface area contributed by atoms with Gasteiger partial charge in [0.25, 0.3) is 5.92 Å². The first-order chi connectivity index (χ1) is 5.46. The third kappa shape index (κ3) is 0.910. The van der Waals surface area contributed by atoms with Gasteiger partial charge in [0.15, 0.2) is 0 Å². The van der Waals surface area contributed by atoms with E-state index in [9.17, 15) is 13.9 Å². The lowest BCUT2D eigenvalue weighted by molar-refractivity contribution is -0.0980. The molecule has 0 unspecified atom stereocenters. The molecule has 0 aromatic heterocycles. The lowest BCUT2D eigenvalue weighted by atomic mass is 9.82. The molecule has 1 heterocycles. The molecule has 0 aromatic carbocycles. The molecule has 70 valence electrons. The average Bonchev–Trinajstić information content (AvgIpc) is 2.33. The van der Waals surface area contributed by atoms with E-state index in [0.29, 0.717) is 13.1 Å². The molecule has 2 rings (SSSR count). The number of rotatable bonds is 0. The molecule has 1 aliphatic carbocycles. The number of nitrogens with one attached hydrogen (secondary N) is 1. The number of alkyl halides is 2. The van der Waals surface area contributed by atoms with E-state index in [1.807, 2.05) is 6.92 Å². The van der Waals surface area contributed by atoms with Crippen LogP contribution >= 0.6 is 0 Å².